The van der Waals surface area contributed by atoms with Crippen molar-refractivity contribution in [3.05, 3.63) is 81.3 Å². The molecule has 1 unspecified atom stereocenters. The lowest BCUT2D eigenvalue weighted by Crippen LogP contribution is -2.41. The number of nitrogens with one attached hydrogen (secondary N) is 1. The van der Waals surface area contributed by atoms with Crippen LogP contribution in [0.4, 0.5) is 5.69 Å². The molecule has 0 saturated carbocycles. The fraction of sp³-hybridized carbons (Fsp3) is 0.259. The average Bonchev–Trinajstić information content (AvgIpc) is 3.00. The lowest BCUT2D eigenvalue weighted by Gasteiger charge is -2.31. The Labute approximate surface area is 213 Å². The van der Waals surface area contributed by atoms with Gasteiger partial charge in [0.1, 0.15) is 23.3 Å². The molecule has 0 aliphatic carbocycles. The molecule has 35 heavy (non-hydrogen) atoms. The van der Waals surface area contributed by atoms with Crippen LogP contribution in [0.25, 0.3) is 0 Å². The summed E-state index contributed by atoms with van der Waals surface area (Å²) in [7, 11) is 3.14. The molecule has 182 valence electrons. The van der Waals surface area contributed by atoms with Crippen molar-refractivity contribution in [1.82, 2.24) is 4.90 Å². The van der Waals surface area contributed by atoms with Crippen LogP contribution < -0.4 is 19.5 Å². The standard InChI is InChI=1S/C27H27BrN2O5/c1-16-5-6-17(2)26-24(16)25(27(32)29-20-10-8-19(28)9-11-20)30(23(31)15-35-26)14-18-7-12-21(33-3)13-22(18)34-4/h5-13,25H,14-15H2,1-4H3,(H,29,32). The normalized spacial score (nSPS) is 15.1. The fourth-order valence-electron chi connectivity index (χ4n) is 4.22. The largest absolute Gasteiger partial charge is 0.497 e. The van der Waals surface area contributed by atoms with Gasteiger partial charge in [-0.2, -0.15) is 0 Å². The number of carbonyl (C=O) groups is 2. The molecule has 1 aliphatic heterocycles. The molecule has 0 aromatic heterocycles. The molecule has 1 heterocycles. The molecule has 2 amide bonds. The number of aryl methyl sites for hydroxylation is 2. The molecular weight excluding hydrogens is 512 g/mol. The minimum absolute atomic E-state index is 0.153. The van der Waals surface area contributed by atoms with E-state index in [1.54, 1.807) is 43.4 Å². The minimum atomic E-state index is -0.907. The number of nitrogens with zero attached hydrogens (tertiary/aromatic N) is 1. The third-order valence-corrected chi connectivity index (χ3v) is 6.58. The number of fused-ring (bicyclic) bond motifs is 1. The van der Waals surface area contributed by atoms with Crippen LogP contribution in [0.5, 0.6) is 17.2 Å². The van der Waals surface area contributed by atoms with E-state index >= 15 is 0 Å². The molecule has 7 nitrogen and oxygen atoms in total. The van der Waals surface area contributed by atoms with Crippen molar-refractivity contribution in [3.63, 3.8) is 0 Å². The maximum absolute atomic E-state index is 13.8. The molecule has 0 radical (unpaired) electrons. The Balaban J connectivity index is 1.80. The van der Waals surface area contributed by atoms with Crippen LogP contribution in [-0.2, 0) is 16.1 Å². The van der Waals surface area contributed by atoms with E-state index < -0.39 is 6.04 Å². The SMILES string of the molecule is COc1ccc(CN2C(=O)COc3c(C)ccc(C)c3C2C(=O)Nc2ccc(Br)cc2)c(OC)c1. The summed E-state index contributed by atoms with van der Waals surface area (Å²) in [5.74, 6) is 1.15. The van der Waals surface area contributed by atoms with Gasteiger partial charge >= 0.3 is 0 Å². The highest BCUT2D eigenvalue weighted by Crippen LogP contribution is 2.39. The van der Waals surface area contributed by atoms with Crippen LogP contribution in [0, 0.1) is 13.8 Å². The summed E-state index contributed by atoms with van der Waals surface area (Å²) in [5, 5.41) is 2.98. The van der Waals surface area contributed by atoms with Crippen molar-refractivity contribution in [2.24, 2.45) is 0 Å². The molecule has 0 spiro atoms. The van der Waals surface area contributed by atoms with E-state index in [9.17, 15) is 9.59 Å². The zero-order valence-corrected chi connectivity index (χ0v) is 21.6. The van der Waals surface area contributed by atoms with E-state index in [4.69, 9.17) is 14.2 Å². The summed E-state index contributed by atoms with van der Waals surface area (Å²) in [6, 6.07) is 15.7. The number of rotatable bonds is 6. The van der Waals surface area contributed by atoms with E-state index in [1.165, 1.54) is 0 Å². The van der Waals surface area contributed by atoms with Gasteiger partial charge in [-0.05, 0) is 61.4 Å². The van der Waals surface area contributed by atoms with Crippen molar-refractivity contribution in [3.8, 4) is 17.2 Å². The van der Waals surface area contributed by atoms with Gasteiger partial charge in [0, 0.05) is 27.4 Å². The van der Waals surface area contributed by atoms with E-state index in [1.807, 2.05) is 44.2 Å². The molecule has 0 saturated heterocycles. The minimum Gasteiger partial charge on any atom is -0.497 e. The number of hydrogen-bond acceptors (Lipinski definition) is 5. The van der Waals surface area contributed by atoms with Crippen molar-refractivity contribution in [1.29, 1.82) is 0 Å². The summed E-state index contributed by atoms with van der Waals surface area (Å²) in [6.45, 7) is 3.82. The van der Waals surface area contributed by atoms with Crippen LogP contribution in [-0.4, -0.2) is 37.5 Å². The molecule has 8 heteroatoms. The molecule has 3 aromatic carbocycles. The second kappa shape index (κ2) is 10.4. The van der Waals surface area contributed by atoms with Crippen molar-refractivity contribution < 1.29 is 23.8 Å². The molecule has 0 bridgehead atoms. The molecule has 4 rings (SSSR count). The van der Waals surface area contributed by atoms with Gasteiger partial charge in [-0.25, -0.2) is 0 Å². The fourth-order valence-corrected chi connectivity index (χ4v) is 4.48. The first-order chi connectivity index (χ1) is 16.8. The maximum atomic E-state index is 13.8. The quantitative estimate of drug-likeness (QED) is 0.467. The van der Waals surface area contributed by atoms with Gasteiger partial charge in [0.2, 0.25) is 0 Å². The summed E-state index contributed by atoms with van der Waals surface area (Å²) in [4.78, 5) is 28.8. The van der Waals surface area contributed by atoms with Crippen molar-refractivity contribution >= 4 is 33.4 Å². The number of hydrogen-bond donors (Lipinski definition) is 1. The van der Waals surface area contributed by atoms with Gasteiger partial charge < -0.3 is 24.4 Å². The van der Waals surface area contributed by atoms with Gasteiger partial charge in [0.15, 0.2) is 6.61 Å². The number of halogens is 1. The van der Waals surface area contributed by atoms with Gasteiger partial charge in [0.25, 0.3) is 11.8 Å². The molecule has 3 aromatic rings. The Morgan fingerprint density at radius 2 is 1.77 bits per heavy atom. The Kier molecular flexibility index (Phi) is 7.31. The Morgan fingerprint density at radius 1 is 1.06 bits per heavy atom. The molecule has 1 atom stereocenters. The summed E-state index contributed by atoms with van der Waals surface area (Å²) < 4.78 is 17.7. The monoisotopic (exact) mass is 538 g/mol. The average molecular weight is 539 g/mol. The van der Waals surface area contributed by atoms with E-state index in [-0.39, 0.29) is 25.0 Å². The Morgan fingerprint density at radius 3 is 2.46 bits per heavy atom. The van der Waals surface area contributed by atoms with Crippen molar-refractivity contribution in [2.45, 2.75) is 26.4 Å². The predicted molar refractivity (Wildman–Crippen MR) is 137 cm³/mol. The second-order valence-corrected chi connectivity index (χ2v) is 9.24. The lowest BCUT2D eigenvalue weighted by molar-refractivity contribution is -0.140. The van der Waals surface area contributed by atoms with Crippen LogP contribution in [0.3, 0.4) is 0 Å². The van der Waals surface area contributed by atoms with Gasteiger partial charge in [-0.3, -0.25) is 9.59 Å². The van der Waals surface area contributed by atoms with Crippen LogP contribution >= 0.6 is 15.9 Å². The third-order valence-electron chi connectivity index (χ3n) is 6.05. The highest BCUT2D eigenvalue weighted by atomic mass is 79.9. The molecule has 1 N–H and O–H groups in total. The third kappa shape index (κ3) is 5.12. The first kappa shape index (κ1) is 24.6. The van der Waals surface area contributed by atoms with Gasteiger partial charge in [0.05, 0.1) is 20.8 Å². The predicted octanol–water partition coefficient (Wildman–Crippen LogP) is 5.18. The van der Waals surface area contributed by atoms with E-state index in [2.05, 4.69) is 21.2 Å². The molecular formula is C27H27BrN2O5. The first-order valence-corrected chi connectivity index (χ1v) is 11.9. The van der Waals surface area contributed by atoms with Crippen LogP contribution in [0.15, 0.2) is 59.1 Å². The smallest absolute Gasteiger partial charge is 0.261 e. The first-order valence-electron chi connectivity index (χ1n) is 11.1. The highest BCUT2D eigenvalue weighted by Gasteiger charge is 2.38. The Bertz CT molecular complexity index is 1260. The van der Waals surface area contributed by atoms with Crippen LogP contribution in [0.1, 0.15) is 28.3 Å². The summed E-state index contributed by atoms with van der Waals surface area (Å²) in [5.41, 5.74) is 3.78. The van der Waals surface area contributed by atoms with Gasteiger partial charge in [-0.15, -0.1) is 0 Å². The molecule has 1 aliphatic rings. The van der Waals surface area contributed by atoms with Crippen molar-refractivity contribution in [2.75, 3.05) is 26.1 Å². The van der Waals surface area contributed by atoms with E-state index in [0.29, 0.717) is 28.5 Å². The zero-order chi connectivity index (χ0) is 25.1. The maximum Gasteiger partial charge on any atom is 0.261 e. The molecule has 0 fully saturated rings. The Hall–Kier alpha value is -3.52. The lowest BCUT2D eigenvalue weighted by atomic mass is 9.95. The van der Waals surface area contributed by atoms with E-state index in [0.717, 1.165) is 21.2 Å². The number of anilines is 1. The highest BCUT2D eigenvalue weighted by molar-refractivity contribution is 9.10. The number of amides is 2. The zero-order valence-electron chi connectivity index (χ0n) is 20.1. The number of methoxy groups -OCH3 is 2. The van der Waals surface area contributed by atoms with Gasteiger partial charge in [-0.1, -0.05) is 28.1 Å². The summed E-state index contributed by atoms with van der Waals surface area (Å²) in [6.07, 6.45) is 0. The van der Waals surface area contributed by atoms with Crippen LogP contribution in [0.2, 0.25) is 0 Å². The number of ether oxygens (including phenoxy) is 3. The summed E-state index contributed by atoms with van der Waals surface area (Å²) >= 11 is 3.41. The topological polar surface area (TPSA) is 77.1 Å². The number of carbonyl (C=O) groups excluding carboxylic acids is 2. The number of benzene rings is 3. The second-order valence-electron chi connectivity index (χ2n) is 8.33.